The zero-order valence-electron chi connectivity index (χ0n) is 14.7. The van der Waals surface area contributed by atoms with Crippen LogP contribution in [0.25, 0.3) is 0 Å². The number of aryl methyl sites for hydroxylation is 2. The van der Waals surface area contributed by atoms with Crippen LogP contribution in [0.15, 0.2) is 21.8 Å². The molecule has 9 heteroatoms. The van der Waals surface area contributed by atoms with E-state index in [4.69, 9.17) is 14.2 Å². The summed E-state index contributed by atoms with van der Waals surface area (Å²) in [5.41, 5.74) is 1.36. The number of rotatable bonds is 4. The summed E-state index contributed by atoms with van der Waals surface area (Å²) in [6.45, 7) is 3.20. The first kappa shape index (κ1) is 19.9. The van der Waals surface area contributed by atoms with Crippen molar-refractivity contribution >= 4 is 39.5 Å². The lowest BCUT2D eigenvalue weighted by atomic mass is 10.0. The fourth-order valence-electron chi connectivity index (χ4n) is 2.82. The van der Waals surface area contributed by atoms with Crippen LogP contribution < -0.4 is 4.90 Å². The maximum atomic E-state index is 12.4. The number of carboxylic acids is 1. The van der Waals surface area contributed by atoms with E-state index in [-0.39, 0.29) is 35.9 Å². The van der Waals surface area contributed by atoms with Gasteiger partial charge in [-0.15, -0.1) is 0 Å². The van der Waals surface area contributed by atoms with Gasteiger partial charge >= 0.3 is 17.9 Å². The number of carbonyl (C=O) groups excluding carboxylic acids is 2. The summed E-state index contributed by atoms with van der Waals surface area (Å²) in [6, 6.07) is 1.77. The molecule has 0 aromatic heterocycles. The van der Waals surface area contributed by atoms with E-state index in [1.165, 1.54) is 19.1 Å². The van der Waals surface area contributed by atoms with E-state index in [1.807, 2.05) is 0 Å². The number of hydrogen-bond donors (Lipinski definition) is 1. The molecule has 2 rings (SSSR count). The van der Waals surface area contributed by atoms with E-state index in [2.05, 4.69) is 15.9 Å². The standard InChI is InChI=1S/C17H18BrNO7/c1-8-5-9(2)13(11(12(8)18)15(20)21)19-7-26-6-10(16(22)24-3)14(19)17(23)25-4/h5H,6-7H2,1-4H3,(H,20,21). The largest absolute Gasteiger partial charge is 0.478 e. The Kier molecular flexibility index (Phi) is 6.04. The second-order valence-electron chi connectivity index (χ2n) is 5.57. The molecule has 1 heterocycles. The van der Waals surface area contributed by atoms with Crippen LogP contribution in [-0.2, 0) is 23.8 Å². The molecule has 1 aliphatic heterocycles. The van der Waals surface area contributed by atoms with Gasteiger partial charge in [-0.2, -0.15) is 0 Å². The SMILES string of the molecule is COC(=O)C1=C(C(=O)OC)N(c2c(C)cc(C)c(Br)c2C(=O)O)COC1. The van der Waals surface area contributed by atoms with Crippen molar-refractivity contribution in [2.45, 2.75) is 13.8 Å². The second-order valence-corrected chi connectivity index (χ2v) is 6.36. The number of carboxylic acid groups (broad SMARTS) is 1. The minimum atomic E-state index is -1.19. The third kappa shape index (κ3) is 3.45. The fraction of sp³-hybridized carbons (Fsp3) is 0.353. The van der Waals surface area contributed by atoms with Gasteiger partial charge in [-0.3, -0.25) is 0 Å². The van der Waals surface area contributed by atoms with Gasteiger partial charge in [0.25, 0.3) is 0 Å². The lowest BCUT2D eigenvalue weighted by molar-refractivity contribution is -0.140. The minimum absolute atomic E-state index is 0.0429. The van der Waals surface area contributed by atoms with Crippen molar-refractivity contribution in [1.82, 2.24) is 0 Å². The Hall–Kier alpha value is -2.39. The molecule has 0 radical (unpaired) electrons. The predicted molar refractivity (Wildman–Crippen MR) is 94.9 cm³/mol. The highest BCUT2D eigenvalue weighted by molar-refractivity contribution is 9.10. The molecule has 1 aromatic rings. The van der Waals surface area contributed by atoms with Gasteiger partial charge in [-0.1, -0.05) is 6.07 Å². The Morgan fingerprint density at radius 3 is 2.31 bits per heavy atom. The maximum Gasteiger partial charge on any atom is 0.355 e. The summed E-state index contributed by atoms with van der Waals surface area (Å²) >= 11 is 3.29. The molecule has 0 saturated heterocycles. The zero-order chi connectivity index (χ0) is 19.6. The van der Waals surface area contributed by atoms with Crippen LogP contribution in [0.1, 0.15) is 21.5 Å². The molecule has 0 unspecified atom stereocenters. The van der Waals surface area contributed by atoms with E-state index >= 15 is 0 Å². The van der Waals surface area contributed by atoms with Gasteiger partial charge in [0.2, 0.25) is 0 Å². The van der Waals surface area contributed by atoms with Crippen LogP contribution in [0, 0.1) is 13.8 Å². The first-order chi connectivity index (χ1) is 12.2. The molecule has 0 aliphatic carbocycles. The van der Waals surface area contributed by atoms with Gasteiger partial charge < -0.3 is 24.2 Å². The summed E-state index contributed by atoms with van der Waals surface area (Å²) in [5.74, 6) is -2.73. The van der Waals surface area contributed by atoms with Crippen molar-refractivity contribution in [3.05, 3.63) is 38.5 Å². The van der Waals surface area contributed by atoms with Gasteiger partial charge in [0, 0.05) is 4.47 Å². The van der Waals surface area contributed by atoms with Crippen molar-refractivity contribution in [2.75, 3.05) is 32.5 Å². The van der Waals surface area contributed by atoms with E-state index in [1.54, 1.807) is 19.9 Å². The van der Waals surface area contributed by atoms with E-state index in [9.17, 15) is 19.5 Å². The minimum Gasteiger partial charge on any atom is -0.478 e. The fourth-order valence-corrected chi connectivity index (χ4v) is 3.29. The number of hydrogen-bond acceptors (Lipinski definition) is 7. The number of aromatic carboxylic acids is 1. The molecule has 1 aromatic carbocycles. The normalized spacial score (nSPS) is 14.3. The van der Waals surface area contributed by atoms with Crippen LogP contribution in [-0.4, -0.2) is 50.6 Å². The van der Waals surface area contributed by atoms with Gasteiger partial charge in [0.15, 0.2) is 0 Å². The number of nitrogens with zero attached hydrogens (tertiary/aromatic N) is 1. The molecular formula is C17H18BrNO7. The molecule has 1 aliphatic rings. The highest BCUT2D eigenvalue weighted by Crippen LogP contribution is 2.37. The molecule has 0 amide bonds. The van der Waals surface area contributed by atoms with E-state index < -0.39 is 17.9 Å². The Morgan fingerprint density at radius 1 is 1.15 bits per heavy atom. The second kappa shape index (κ2) is 7.88. The number of anilines is 1. The van der Waals surface area contributed by atoms with Gasteiger partial charge in [-0.25, -0.2) is 14.4 Å². The topological polar surface area (TPSA) is 102 Å². The molecule has 0 fully saturated rings. The van der Waals surface area contributed by atoms with Crippen molar-refractivity contribution in [3.63, 3.8) is 0 Å². The van der Waals surface area contributed by atoms with Crippen molar-refractivity contribution < 1.29 is 33.7 Å². The molecule has 26 heavy (non-hydrogen) atoms. The summed E-state index contributed by atoms with van der Waals surface area (Å²) in [7, 11) is 2.35. The Balaban J connectivity index is 2.81. The van der Waals surface area contributed by atoms with E-state index in [0.29, 0.717) is 10.0 Å². The average Bonchev–Trinajstić information content (AvgIpc) is 2.62. The molecular weight excluding hydrogens is 410 g/mol. The van der Waals surface area contributed by atoms with Crippen LogP contribution in [0.3, 0.4) is 0 Å². The molecule has 140 valence electrons. The first-order valence-corrected chi connectivity index (χ1v) is 8.31. The highest BCUT2D eigenvalue weighted by atomic mass is 79.9. The Morgan fingerprint density at radius 2 is 1.77 bits per heavy atom. The number of ether oxygens (including phenoxy) is 3. The molecule has 0 spiro atoms. The quantitative estimate of drug-likeness (QED) is 0.729. The molecule has 8 nitrogen and oxygen atoms in total. The zero-order valence-corrected chi connectivity index (χ0v) is 16.3. The van der Waals surface area contributed by atoms with Crippen LogP contribution in [0.4, 0.5) is 5.69 Å². The summed E-state index contributed by atoms with van der Waals surface area (Å²) < 4.78 is 15.3. The maximum absolute atomic E-state index is 12.4. The third-order valence-corrected chi connectivity index (χ3v) is 4.95. The summed E-state index contributed by atoms with van der Waals surface area (Å²) in [4.78, 5) is 37.7. The monoisotopic (exact) mass is 427 g/mol. The van der Waals surface area contributed by atoms with Gasteiger partial charge in [0.1, 0.15) is 12.4 Å². The lowest BCUT2D eigenvalue weighted by Crippen LogP contribution is -2.40. The molecule has 0 saturated carbocycles. The molecule has 0 atom stereocenters. The third-order valence-electron chi connectivity index (χ3n) is 3.93. The summed E-state index contributed by atoms with van der Waals surface area (Å²) in [5, 5.41) is 9.71. The van der Waals surface area contributed by atoms with Gasteiger partial charge in [0.05, 0.1) is 37.7 Å². The molecule has 0 bridgehead atoms. The summed E-state index contributed by atoms with van der Waals surface area (Å²) in [6.07, 6.45) is 0. The first-order valence-electron chi connectivity index (χ1n) is 7.52. The lowest BCUT2D eigenvalue weighted by Gasteiger charge is -2.33. The Bertz CT molecular complexity index is 816. The van der Waals surface area contributed by atoms with Crippen LogP contribution >= 0.6 is 15.9 Å². The predicted octanol–water partition coefficient (Wildman–Crippen LogP) is 2.16. The highest BCUT2D eigenvalue weighted by Gasteiger charge is 2.35. The smallest absolute Gasteiger partial charge is 0.355 e. The van der Waals surface area contributed by atoms with Crippen molar-refractivity contribution in [3.8, 4) is 0 Å². The van der Waals surface area contributed by atoms with Crippen molar-refractivity contribution in [2.24, 2.45) is 0 Å². The van der Waals surface area contributed by atoms with Crippen molar-refractivity contribution in [1.29, 1.82) is 0 Å². The number of esters is 2. The number of halogens is 1. The number of methoxy groups -OCH3 is 2. The van der Waals surface area contributed by atoms with Crippen LogP contribution in [0.5, 0.6) is 0 Å². The van der Waals surface area contributed by atoms with Crippen LogP contribution in [0.2, 0.25) is 0 Å². The number of benzene rings is 1. The van der Waals surface area contributed by atoms with E-state index in [0.717, 1.165) is 5.56 Å². The average molecular weight is 428 g/mol. The van der Waals surface area contributed by atoms with Gasteiger partial charge in [-0.05, 0) is 40.9 Å². The molecule has 1 N–H and O–H groups in total. The Labute approximate surface area is 158 Å². The number of carbonyl (C=O) groups is 3.